The number of methoxy groups -OCH3 is 3. The van der Waals surface area contributed by atoms with Crippen molar-refractivity contribution in [2.24, 2.45) is 0 Å². The molecule has 0 fully saturated rings. The number of ether oxygens (including phenoxy) is 3. The number of hydrogen-bond donors (Lipinski definition) is 0. The number of pyridine rings is 3. The van der Waals surface area contributed by atoms with E-state index >= 15 is 0 Å². The average Bonchev–Trinajstić information content (AvgIpc) is 2.84. The van der Waals surface area contributed by atoms with Crippen LogP contribution in [0.1, 0.15) is 27.7 Å². The van der Waals surface area contributed by atoms with E-state index in [1.165, 1.54) is 0 Å². The van der Waals surface area contributed by atoms with Crippen LogP contribution < -0.4 is 14.2 Å². The Morgan fingerprint density at radius 1 is 0.571 bits per heavy atom. The van der Waals surface area contributed by atoms with E-state index in [0.29, 0.717) is 5.88 Å². The van der Waals surface area contributed by atoms with Crippen molar-refractivity contribution in [2.75, 3.05) is 21.3 Å². The third kappa shape index (κ3) is 15.1. The first kappa shape index (κ1) is 27.1. The molecular formula is C22H33N3O3. The van der Waals surface area contributed by atoms with E-state index in [1.807, 2.05) is 64.1 Å². The van der Waals surface area contributed by atoms with Gasteiger partial charge in [-0.1, -0.05) is 33.8 Å². The fourth-order valence-electron chi connectivity index (χ4n) is 1.40. The molecule has 0 aromatic carbocycles. The Labute approximate surface area is 169 Å². The molecule has 0 radical (unpaired) electrons. The van der Waals surface area contributed by atoms with Gasteiger partial charge in [-0.2, -0.15) is 0 Å². The molecule has 154 valence electrons. The van der Waals surface area contributed by atoms with E-state index in [1.54, 1.807) is 58.4 Å². The number of hydrogen-bond acceptors (Lipinski definition) is 6. The van der Waals surface area contributed by atoms with Crippen LogP contribution in [0.3, 0.4) is 0 Å². The summed E-state index contributed by atoms with van der Waals surface area (Å²) in [6.07, 6.45) is 8.45. The minimum atomic E-state index is 0.660. The Kier molecular flexibility index (Phi) is 21.2. The lowest BCUT2D eigenvalue weighted by Crippen LogP contribution is -1.83. The SMILES string of the molecule is CC.CC.COc1ccccn1.COc1cccnc1.COc1cccnc1. The molecule has 0 bridgehead atoms. The van der Waals surface area contributed by atoms with Gasteiger partial charge in [-0.25, -0.2) is 4.98 Å². The van der Waals surface area contributed by atoms with Crippen LogP contribution in [-0.4, -0.2) is 36.3 Å². The fraction of sp³-hybridized carbons (Fsp3) is 0.318. The summed E-state index contributed by atoms with van der Waals surface area (Å²) in [4.78, 5) is 11.5. The van der Waals surface area contributed by atoms with Crippen molar-refractivity contribution in [3.8, 4) is 17.4 Å². The Morgan fingerprint density at radius 3 is 1.29 bits per heavy atom. The zero-order valence-corrected chi connectivity index (χ0v) is 18.0. The highest BCUT2D eigenvalue weighted by Crippen LogP contribution is 2.03. The molecule has 0 aliphatic carbocycles. The fourth-order valence-corrected chi connectivity index (χ4v) is 1.40. The van der Waals surface area contributed by atoms with Crippen LogP contribution in [0.5, 0.6) is 17.4 Å². The van der Waals surface area contributed by atoms with Gasteiger partial charge in [0.15, 0.2) is 0 Å². The molecule has 0 saturated heterocycles. The third-order valence-corrected chi connectivity index (χ3v) is 2.59. The van der Waals surface area contributed by atoms with Crippen LogP contribution in [0, 0.1) is 0 Å². The van der Waals surface area contributed by atoms with Gasteiger partial charge in [-0.15, -0.1) is 0 Å². The monoisotopic (exact) mass is 387 g/mol. The zero-order chi connectivity index (χ0) is 21.5. The predicted octanol–water partition coefficient (Wildman–Crippen LogP) is 5.32. The number of aromatic nitrogens is 3. The van der Waals surface area contributed by atoms with Gasteiger partial charge in [0.25, 0.3) is 0 Å². The van der Waals surface area contributed by atoms with Gasteiger partial charge >= 0.3 is 0 Å². The molecule has 0 N–H and O–H groups in total. The standard InChI is InChI=1S/3C6H7NO.2C2H6/c2*1-8-6-3-2-4-7-5-6;1-8-6-4-2-3-5-7-6;2*1-2/h3*2-5H,1H3;2*1-2H3. The van der Waals surface area contributed by atoms with E-state index in [9.17, 15) is 0 Å². The zero-order valence-electron chi connectivity index (χ0n) is 18.0. The van der Waals surface area contributed by atoms with Gasteiger partial charge in [0.05, 0.1) is 33.7 Å². The molecule has 28 heavy (non-hydrogen) atoms. The Hall–Kier alpha value is -3.15. The summed E-state index contributed by atoms with van der Waals surface area (Å²) in [5, 5.41) is 0. The summed E-state index contributed by atoms with van der Waals surface area (Å²) >= 11 is 0. The highest BCUT2D eigenvalue weighted by atomic mass is 16.5. The summed E-state index contributed by atoms with van der Waals surface area (Å²) in [6, 6.07) is 12.9. The third-order valence-electron chi connectivity index (χ3n) is 2.59. The molecule has 0 amide bonds. The van der Waals surface area contributed by atoms with Crippen LogP contribution in [0.15, 0.2) is 73.4 Å². The minimum Gasteiger partial charge on any atom is -0.495 e. The van der Waals surface area contributed by atoms with Crippen LogP contribution in [-0.2, 0) is 0 Å². The largest absolute Gasteiger partial charge is 0.495 e. The molecule has 3 heterocycles. The Morgan fingerprint density at radius 2 is 1.07 bits per heavy atom. The Balaban J connectivity index is 0. The molecular weight excluding hydrogens is 354 g/mol. The highest BCUT2D eigenvalue weighted by Gasteiger charge is 1.83. The van der Waals surface area contributed by atoms with Gasteiger partial charge in [0.2, 0.25) is 5.88 Å². The van der Waals surface area contributed by atoms with Crippen molar-refractivity contribution in [3.63, 3.8) is 0 Å². The van der Waals surface area contributed by atoms with Crippen molar-refractivity contribution in [3.05, 3.63) is 73.4 Å². The topological polar surface area (TPSA) is 66.4 Å². The number of nitrogens with zero attached hydrogens (tertiary/aromatic N) is 3. The van der Waals surface area contributed by atoms with E-state index in [2.05, 4.69) is 15.0 Å². The summed E-state index contributed by atoms with van der Waals surface area (Å²) in [5.74, 6) is 2.26. The maximum absolute atomic E-state index is 4.85. The number of rotatable bonds is 3. The summed E-state index contributed by atoms with van der Waals surface area (Å²) < 4.78 is 14.5. The van der Waals surface area contributed by atoms with Gasteiger partial charge in [-0.3, -0.25) is 9.97 Å². The first-order chi connectivity index (χ1) is 13.8. The van der Waals surface area contributed by atoms with Crippen LogP contribution in [0.25, 0.3) is 0 Å². The van der Waals surface area contributed by atoms with Gasteiger partial charge < -0.3 is 14.2 Å². The second kappa shape index (κ2) is 21.9. The maximum atomic E-state index is 4.85. The van der Waals surface area contributed by atoms with Crippen molar-refractivity contribution >= 4 is 0 Å². The lowest BCUT2D eigenvalue weighted by molar-refractivity contribution is 0.398. The maximum Gasteiger partial charge on any atom is 0.212 e. The van der Waals surface area contributed by atoms with Crippen LogP contribution >= 0.6 is 0 Å². The molecule has 3 aromatic rings. The predicted molar refractivity (Wildman–Crippen MR) is 115 cm³/mol. The highest BCUT2D eigenvalue weighted by molar-refractivity contribution is 5.15. The molecule has 6 nitrogen and oxygen atoms in total. The first-order valence-corrected chi connectivity index (χ1v) is 9.13. The summed E-state index contributed by atoms with van der Waals surface area (Å²) in [7, 11) is 4.84. The second-order valence-corrected chi connectivity index (χ2v) is 4.16. The molecule has 0 aliphatic rings. The van der Waals surface area contributed by atoms with Crippen molar-refractivity contribution in [2.45, 2.75) is 27.7 Å². The summed E-state index contributed by atoms with van der Waals surface area (Å²) in [6.45, 7) is 8.00. The lowest BCUT2D eigenvalue weighted by Gasteiger charge is -1.93. The molecule has 0 spiro atoms. The quantitative estimate of drug-likeness (QED) is 0.606. The first-order valence-electron chi connectivity index (χ1n) is 9.13. The molecule has 0 unspecified atom stereocenters. The molecule has 3 aromatic heterocycles. The normalized spacial score (nSPS) is 7.82. The molecule has 0 saturated carbocycles. The van der Waals surface area contributed by atoms with Gasteiger partial charge in [0.1, 0.15) is 11.5 Å². The van der Waals surface area contributed by atoms with Crippen molar-refractivity contribution in [1.29, 1.82) is 0 Å². The smallest absolute Gasteiger partial charge is 0.212 e. The van der Waals surface area contributed by atoms with E-state index < -0.39 is 0 Å². The van der Waals surface area contributed by atoms with E-state index in [0.717, 1.165) is 11.5 Å². The molecule has 0 atom stereocenters. The van der Waals surface area contributed by atoms with Gasteiger partial charge in [0, 0.05) is 24.7 Å². The minimum absolute atomic E-state index is 0.660. The van der Waals surface area contributed by atoms with Crippen molar-refractivity contribution in [1.82, 2.24) is 15.0 Å². The average molecular weight is 388 g/mol. The van der Waals surface area contributed by atoms with E-state index in [-0.39, 0.29) is 0 Å². The second-order valence-electron chi connectivity index (χ2n) is 4.16. The molecule has 6 heteroatoms. The molecule has 3 rings (SSSR count). The Bertz CT molecular complexity index is 545. The van der Waals surface area contributed by atoms with Gasteiger partial charge in [-0.05, 0) is 30.3 Å². The van der Waals surface area contributed by atoms with Crippen molar-refractivity contribution < 1.29 is 14.2 Å². The van der Waals surface area contributed by atoms with Crippen LogP contribution in [0.4, 0.5) is 0 Å². The summed E-state index contributed by atoms with van der Waals surface area (Å²) in [5.41, 5.74) is 0. The molecule has 0 aliphatic heterocycles. The van der Waals surface area contributed by atoms with E-state index in [4.69, 9.17) is 14.2 Å². The van der Waals surface area contributed by atoms with Crippen LogP contribution in [0.2, 0.25) is 0 Å². The lowest BCUT2D eigenvalue weighted by atomic mass is 10.5.